The molecule has 0 saturated heterocycles. The van der Waals surface area contributed by atoms with Crippen molar-refractivity contribution in [3.63, 3.8) is 0 Å². The number of carbonyl (C=O) groups excluding carboxylic acids is 2. The molecule has 0 aliphatic heterocycles. The molecule has 0 aliphatic rings. The van der Waals surface area contributed by atoms with Crippen LogP contribution in [0.1, 0.15) is 24.2 Å². The van der Waals surface area contributed by atoms with Crippen LogP contribution in [-0.2, 0) is 19.1 Å². The highest BCUT2D eigenvalue weighted by molar-refractivity contribution is 5.89. The van der Waals surface area contributed by atoms with Gasteiger partial charge in [-0.15, -0.1) is 5.73 Å². The molecule has 0 N–H and O–H groups in total. The second kappa shape index (κ2) is 8.51. The first-order valence-electron chi connectivity index (χ1n) is 7.45. The van der Waals surface area contributed by atoms with E-state index in [9.17, 15) is 9.59 Å². The highest BCUT2D eigenvalue weighted by atomic mass is 16.6. The number of rotatable bonds is 6. The number of carbonyl (C=O) groups is 2. The van der Waals surface area contributed by atoms with Crippen molar-refractivity contribution in [3.05, 3.63) is 89.7 Å². The number of esters is 2. The highest BCUT2D eigenvalue weighted by Crippen LogP contribution is 2.26. The first-order valence-corrected chi connectivity index (χ1v) is 7.45. The van der Waals surface area contributed by atoms with Crippen molar-refractivity contribution < 1.29 is 19.1 Å². The van der Waals surface area contributed by atoms with Crippen molar-refractivity contribution >= 4 is 11.9 Å². The van der Waals surface area contributed by atoms with Crippen molar-refractivity contribution in [2.75, 3.05) is 6.61 Å². The molecule has 2 aromatic carbocycles. The molecule has 0 bridgehead atoms. The highest BCUT2D eigenvalue weighted by Gasteiger charge is 2.21. The van der Waals surface area contributed by atoms with Gasteiger partial charge in [0.05, 0.1) is 0 Å². The molecular formula is C20H18O4. The lowest BCUT2D eigenvalue weighted by atomic mass is 10.0. The van der Waals surface area contributed by atoms with Gasteiger partial charge in [0.2, 0.25) is 0 Å². The van der Waals surface area contributed by atoms with Gasteiger partial charge in [-0.25, -0.2) is 4.79 Å². The molecule has 0 amide bonds. The normalized spacial score (nSPS) is 9.92. The number of benzene rings is 2. The molecule has 4 nitrogen and oxygen atoms in total. The van der Waals surface area contributed by atoms with Crippen molar-refractivity contribution in [2.24, 2.45) is 0 Å². The summed E-state index contributed by atoms with van der Waals surface area (Å²) in [7, 11) is 0. The zero-order valence-corrected chi connectivity index (χ0v) is 13.4. The maximum absolute atomic E-state index is 12.4. The van der Waals surface area contributed by atoms with Crippen LogP contribution in [-0.4, -0.2) is 18.5 Å². The van der Waals surface area contributed by atoms with Gasteiger partial charge in [-0.3, -0.25) is 4.79 Å². The van der Waals surface area contributed by atoms with Crippen LogP contribution in [0.4, 0.5) is 0 Å². The Balaban J connectivity index is 2.24. The van der Waals surface area contributed by atoms with Crippen LogP contribution in [0.15, 0.2) is 78.5 Å². The maximum atomic E-state index is 12.4. The standard InChI is InChI=1S/C20H18O4/c1-3-16(14-23-15(2)21)20(22)24-19(17-10-6-4-7-11-17)18-12-8-5-9-13-18/h4-13,19H,1,14H2,2H3. The molecule has 0 spiro atoms. The van der Waals surface area contributed by atoms with E-state index in [-0.39, 0.29) is 12.2 Å². The zero-order chi connectivity index (χ0) is 17.4. The lowest BCUT2D eigenvalue weighted by Gasteiger charge is -2.19. The average Bonchev–Trinajstić information content (AvgIpc) is 2.61. The first kappa shape index (κ1) is 17.3. The van der Waals surface area contributed by atoms with Crippen LogP contribution >= 0.6 is 0 Å². The molecular weight excluding hydrogens is 304 g/mol. The Labute approximate surface area is 141 Å². The largest absolute Gasteiger partial charge is 0.460 e. The molecule has 0 aromatic heterocycles. The predicted molar refractivity (Wildman–Crippen MR) is 90.1 cm³/mol. The number of ether oxygens (including phenoxy) is 2. The molecule has 2 rings (SSSR count). The summed E-state index contributed by atoms with van der Waals surface area (Å²) in [4.78, 5) is 23.3. The Morgan fingerprint density at radius 2 is 1.50 bits per heavy atom. The molecule has 0 atom stereocenters. The van der Waals surface area contributed by atoms with Crippen molar-refractivity contribution in [1.82, 2.24) is 0 Å². The van der Waals surface area contributed by atoms with Crippen molar-refractivity contribution in [1.29, 1.82) is 0 Å². The minimum Gasteiger partial charge on any atom is -0.460 e. The summed E-state index contributed by atoms with van der Waals surface area (Å²) in [5.74, 6) is -1.11. The van der Waals surface area contributed by atoms with Crippen LogP contribution in [0.2, 0.25) is 0 Å². The maximum Gasteiger partial charge on any atom is 0.346 e. The second-order valence-electron chi connectivity index (χ2n) is 5.04. The van der Waals surface area contributed by atoms with Gasteiger partial charge < -0.3 is 9.47 Å². The third-order valence-corrected chi connectivity index (χ3v) is 3.31. The van der Waals surface area contributed by atoms with E-state index in [1.54, 1.807) is 0 Å². The molecule has 2 aromatic rings. The summed E-state index contributed by atoms with van der Waals surface area (Å²) in [6.45, 7) is 4.51. The Morgan fingerprint density at radius 1 is 1.00 bits per heavy atom. The van der Waals surface area contributed by atoms with E-state index in [1.165, 1.54) is 6.92 Å². The molecule has 0 radical (unpaired) electrons. The number of hydrogen-bond donors (Lipinski definition) is 0. The Hall–Kier alpha value is -3.10. The topological polar surface area (TPSA) is 52.6 Å². The smallest absolute Gasteiger partial charge is 0.346 e. The molecule has 4 heteroatoms. The fourth-order valence-corrected chi connectivity index (χ4v) is 2.12. The summed E-state index contributed by atoms with van der Waals surface area (Å²) < 4.78 is 10.5. The van der Waals surface area contributed by atoms with Crippen LogP contribution in [0.3, 0.4) is 0 Å². The second-order valence-corrected chi connectivity index (χ2v) is 5.04. The minimum atomic E-state index is -0.621. The third-order valence-electron chi connectivity index (χ3n) is 3.31. The molecule has 0 fully saturated rings. The van der Waals surface area contributed by atoms with Crippen molar-refractivity contribution in [2.45, 2.75) is 13.0 Å². The van der Waals surface area contributed by atoms with E-state index >= 15 is 0 Å². The Morgan fingerprint density at radius 3 is 1.92 bits per heavy atom. The summed E-state index contributed by atoms with van der Waals surface area (Å²) in [6, 6.07) is 18.8. The van der Waals surface area contributed by atoms with Crippen LogP contribution in [0.25, 0.3) is 0 Å². The van der Waals surface area contributed by atoms with Crippen LogP contribution in [0.5, 0.6) is 0 Å². The summed E-state index contributed by atoms with van der Waals surface area (Å²) in [5, 5.41) is 0. The molecule has 0 aliphatic carbocycles. The van der Waals surface area contributed by atoms with E-state index in [0.717, 1.165) is 11.1 Å². The number of hydrogen-bond acceptors (Lipinski definition) is 4. The van der Waals surface area contributed by atoms with E-state index in [1.807, 2.05) is 60.7 Å². The Bertz CT molecular complexity index is 704. The molecule has 122 valence electrons. The lowest BCUT2D eigenvalue weighted by Crippen LogP contribution is -2.17. The molecule has 0 saturated carbocycles. The fraction of sp³-hybridized carbons (Fsp3) is 0.150. The third kappa shape index (κ3) is 4.70. The summed E-state index contributed by atoms with van der Waals surface area (Å²) in [5.41, 5.74) is 4.23. The monoisotopic (exact) mass is 322 g/mol. The van der Waals surface area contributed by atoms with Gasteiger partial charge in [-0.2, -0.15) is 0 Å². The quantitative estimate of drug-likeness (QED) is 0.463. The minimum absolute atomic E-state index is 0.0714. The zero-order valence-electron chi connectivity index (χ0n) is 13.4. The van der Waals surface area contributed by atoms with E-state index in [2.05, 4.69) is 12.3 Å². The van der Waals surface area contributed by atoms with Gasteiger partial charge in [0, 0.05) is 6.92 Å². The van der Waals surface area contributed by atoms with Gasteiger partial charge in [-0.05, 0) is 11.1 Å². The predicted octanol–water partition coefficient (Wildman–Crippen LogP) is 3.59. The van der Waals surface area contributed by atoms with E-state index < -0.39 is 18.0 Å². The summed E-state index contributed by atoms with van der Waals surface area (Å²) >= 11 is 0. The molecule has 0 heterocycles. The lowest BCUT2D eigenvalue weighted by molar-refractivity contribution is -0.145. The molecule has 0 unspecified atom stereocenters. The van der Waals surface area contributed by atoms with Crippen LogP contribution in [0, 0.1) is 0 Å². The van der Waals surface area contributed by atoms with Crippen molar-refractivity contribution in [3.8, 4) is 0 Å². The van der Waals surface area contributed by atoms with Gasteiger partial charge in [0.25, 0.3) is 0 Å². The Kier molecular flexibility index (Phi) is 6.12. The van der Waals surface area contributed by atoms with Gasteiger partial charge in [0.1, 0.15) is 12.2 Å². The average molecular weight is 322 g/mol. The van der Waals surface area contributed by atoms with E-state index in [4.69, 9.17) is 9.47 Å². The fourth-order valence-electron chi connectivity index (χ4n) is 2.12. The van der Waals surface area contributed by atoms with Gasteiger partial charge in [0.15, 0.2) is 6.10 Å². The van der Waals surface area contributed by atoms with Gasteiger partial charge >= 0.3 is 11.9 Å². The molecule has 24 heavy (non-hydrogen) atoms. The summed E-state index contributed by atoms with van der Waals surface area (Å²) in [6.07, 6.45) is -0.569. The SMILES string of the molecule is C=C=C(COC(C)=O)C(=O)OC(c1ccccc1)c1ccccc1. The van der Waals surface area contributed by atoms with Gasteiger partial charge in [-0.1, -0.05) is 67.2 Å². The van der Waals surface area contributed by atoms with Crippen LogP contribution < -0.4 is 0 Å². The van der Waals surface area contributed by atoms with E-state index in [0.29, 0.717) is 0 Å². The first-order chi connectivity index (χ1) is 11.6.